The van der Waals surface area contributed by atoms with E-state index in [0.29, 0.717) is 12.0 Å². The van der Waals surface area contributed by atoms with Gasteiger partial charge >= 0.3 is 0 Å². The molecule has 0 unspecified atom stereocenters. The molecule has 2 fully saturated rings. The Kier molecular flexibility index (Phi) is 7.50. The molecule has 2 saturated heterocycles. The van der Waals surface area contributed by atoms with Crippen molar-refractivity contribution in [3.8, 4) is 0 Å². The predicted octanol–water partition coefficient (Wildman–Crippen LogP) is 4.00. The van der Waals surface area contributed by atoms with Gasteiger partial charge in [0, 0.05) is 51.0 Å². The van der Waals surface area contributed by atoms with E-state index in [1.807, 2.05) is 0 Å². The van der Waals surface area contributed by atoms with E-state index in [9.17, 15) is 0 Å². The van der Waals surface area contributed by atoms with Crippen LogP contribution in [0.1, 0.15) is 51.0 Å². The fraction of sp³-hybridized carbons (Fsp3) is 0.682. The topological polar surface area (TPSA) is 21.8 Å². The minimum Gasteiger partial charge on any atom is -0.346 e. The zero-order valence-electron chi connectivity index (χ0n) is 17.3. The zero-order chi connectivity index (χ0) is 19.2. The summed E-state index contributed by atoms with van der Waals surface area (Å²) in [4.78, 5) is 7.49. The number of likely N-dealkylation sites (tertiary alicyclic amines) is 1. The summed E-state index contributed by atoms with van der Waals surface area (Å²) in [6.07, 6.45) is 5.06. The minimum absolute atomic E-state index is 0.562. The van der Waals surface area contributed by atoms with Gasteiger partial charge in [-0.1, -0.05) is 26.0 Å². The number of nitrogens with one attached hydrogen (secondary N) is 1. The molecule has 0 aromatic heterocycles. The van der Waals surface area contributed by atoms with Crippen molar-refractivity contribution in [3.63, 3.8) is 0 Å². The van der Waals surface area contributed by atoms with Crippen LogP contribution in [0, 0.1) is 0 Å². The lowest BCUT2D eigenvalue weighted by Crippen LogP contribution is -2.49. The van der Waals surface area contributed by atoms with Crippen LogP contribution in [-0.4, -0.2) is 72.2 Å². The van der Waals surface area contributed by atoms with Crippen molar-refractivity contribution in [2.24, 2.45) is 0 Å². The molecule has 2 heterocycles. The number of hydrogen-bond donors (Lipinski definition) is 1. The van der Waals surface area contributed by atoms with Crippen molar-refractivity contribution >= 4 is 23.0 Å². The largest absolute Gasteiger partial charge is 0.346 e. The van der Waals surface area contributed by atoms with Crippen LogP contribution in [0.3, 0.4) is 0 Å². The van der Waals surface area contributed by atoms with Crippen LogP contribution in [0.4, 0.5) is 5.69 Å². The second kappa shape index (κ2) is 9.85. The third-order valence-electron chi connectivity index (χ3n) is 6.09. The molecular formula is C22H36N4S. The maximum Gasteiger partial charge on any atom is 0.173 e. The van der Waals surface area contributed by atoms with E-state index in [-0.39, 0.29) is 0 Å². The molecule has 0 radical (unpaired) electrons. The van der Waals surface area contributed by atoms with Crippen LogP contribution in [0.2, 0.25) is 0 Å². The molecule has 4 nitrogen and oxygen atoms in total. The molecule has 1 aromatic rings. The summed E-state index contributed by atoms with van der Waals surface area (Å²) in [5.41, 5.74) is 2.47. The molecule has 1 N–H and O–H groups in total. The molecule has 0 bridgehead atoms. The first kappa shape index (κ1) is 20.6. The molecular weight excluding hydrogens is 352 g/mol. The van der Waals surface area contributed by atoms with E-state index in [1.54, 1.807) is 0 Å². The zero-order valence-corrected chi connectivity index (χ0v) is 18.1. The van der Waals surface area contributed by atoms with Gasteiger partial charge in [0.2, 0.25) is 0 Å². The van der Waals surface area contributed by atoms with E-state index in [4.69, 9.17) is 12.2 Å². The van der Waals surface area contributed by atoms with Crippen molar-refractivity contribution in [3.05, 3.63) is 29.8 Å². The minimum atomic E-state index is 0.562. The summed E-state index contributed by atoms with van der Waals surface area (Å²) in [5, 5.41) is 4.39. The van der Waals surface area contributed by atoms with Crippen LogP contribution >= 0.6 is 12.2 Å². The van der Waals surface area contributed by atoms with Gasteiger partial charge in [-0.25, -0.2) is 0 Å². The first-order chi connectivity index (χ1) is 13.0. The maximum absolute atomic E-state index is 5.80. The molecule has 0 saturated carbocycles. The van der Waals surface area contributed by atoms with E-state index >= 15 is 0 Å². The van der Waals surface area contributed by atoms with Gasteiger partial charge in [-0.05, 0) is 68.6 Å². The number of anilines is 1. The number of rotatable bonds is 5. The Hall–Kier alpha value is -1.17. The summed E-state index contributed by atoms with van der Waals surface area (Å²) >= 11 is 5.80. The number of piperazine rings is 1. The second-order valence-electron chi connectivity index (χ2n) is 8.48. The van der Waals surface area contributed by atoms with E-state index in [0.717, 1.165) is 17.3 Å². The molecule has 27 heavy (non-hydrogen) atoms. The highest BCUT2D eigenvalue weighted by molar-refractivity contribution is 7.80. The first-order valence-electron chi connectivity index (χ1n) is 10.6. The lowest BCUT2D eigenvalue weighted by molar-refractivity contribution is 0.135. The molecule has 2 aliphatic rings. The average Bonchev–Trinajstić information content (AvgIpc) is 2.68. The highest BCUT2D eigenvalue weighted by Crippen LogP contribution is 2.23. The Morgan fingerprint density at radius 2 is 1.78 bits per heavy atom. The SMILES string of the molecule is CC(C)c1ccc(NC(=S)N2CCCC[C@@H]2CCN2CCN(C)CC2)cc1. The molecule has 5 heteroatoms. The number of benzene rings is 1. The Labute approximate surface area is 170 Å². The van der Waals surface area contributed by atoms with Crippen molar-refractivity contribution in [2.75, 3.05) is 51.6 Å². The highest BCUT2D eigenvalue weighted by Gasteiger charge is 2.25. The number of hydrogen-bond acceptors (Lipinski definition) is 3. The summed E-state index contributed by atoms with van der Waals surface area (Å²) in [7, 11) is 2.22. The van der Waals surface area contributed by atoms with Gasteiger partial charge in [-0.3, -0.25) is 0 Å². The van der Waals surface area contributed by atoms with Crippen LogP contribution in [-0.2, 0) is 0 Å². The molecule has 1 aromatic carbocycles. The smallest absolute Gasteiger partial charge is 0.173 e. The maximum atomic E-state index is 5.80. The van der Waals surface area contributed by atoms with Gasteiger partial charge in [0.15, 0.2) is 5.11 Å². The normalized spacial score (nSPS) is 22.2. The van der Waals surface area contributed by atoms with Crippen molar-refractivity contribution in [2.45, 2.75) is 51.5 Å². The van der Waals surface area contributed by atoms with Crippen LogP contribution < -0.4 is 5.32 Å². The lowest BCUT2D eigenvalue weighted by atomic mass is 9.99. The Morgan fingerprint density at radius 3 is 2.44 bits per heavy atom. The monoisotopic (exact) mass is 388 g/mol. The standard InChI is InChI=1S/C22H36N4S/c1-18(2)19-7-9-20(10-8-19)23-22(27)26-12-5-4-6-21(26)11-13-25-16-14-24(3)15-17-25/h7-10,18,21H,4-6,11-17H2,1-3H3,(H,23,27)/t21-/m1/s1. The van der Waals surface area contributed by atoms with E-state index in [1.165, 1.54) is 64.0 Å². The van der Waals surface area contributed by atoms with Gasteiger partial charge in [0.05, 0.1) is 0 Å². The summed E-state index contributed by atoms with van der Waals surface area (Å²) < 4.78 is 0. The molecule has 0 spiro atoms. The first-order valence-corrected chi connectivity index (χ1v) is 11.0. The molecule has 3 rings (SSSR count). The third-order valence-corrected chi connectivity index (χ3v) is 6.43. The van der Waals surface area contributed by atoms with Crippen LogP contribution in [0.15, 0.2) is 24.3 Å². The number of nitrogens with zero attached hydrogens (tertiary/aromatic N) is 3. The number of likely N-dealkylation sites (N-methyl/N-ethyl adjacent to an activating group) is 1. The number of thiocarbonyl (C=S) groups is 1. The fourth-order valence-electron chi connectivity index (χ4n) is 4.12. The summed E-state index contributed by atoms with van der Waals surface area (Å²) in [6, 6.07) is 9.30. The number of piperidine rings is 1. The van der Waals surface area contributed by atoms with Crippen molar-refractivity contribution in [1.29, 1.82) is 0 Å². The van der Waals surface area contributed by atoms with Crippen LogP contribution in [0.5, 0.6) is 0 Å². The Balaban J connectivity index is 1.53. The van der Waals surface area contributed by atoms with E-state index in [2.05, 4.69) is 65.2 Å². The molecule has 1 atom stereocenters. The average molecular weight is 389 g/mol. The highest BCUT2D eigenvalue weighted by atomic mass is 32.1. The van der Waals surface area contributed by atoms with Gasteiger partial charge in [0.1, 0.15) is 0 Å². The van der Waals surface area contributed by atoms with Crippen molar-refractivity contribution in [1.82, 2.24) is 14.7 Å². The summed E-state index contributed by atoms with van der Waals surface area (Å²) in [6.45, 7) is 11.5. The quantitative estimate of drug-likeness (QED) is 0.768. The van der Waals surface area contributed by atoms with Gasteiger partial charge < -0.3 is 20.0 Å². The second-order valence-corrected chi connectivity index (χ2v) is 8.87. The molecule has 0 aliphatic carbocycles. The Morgan fingerprint density at radius 1 is 1.07 bits per heavy atom. The molecule has 0 amide bonds. The van der Waals surface area contributed by atoms with Gasteiger partial charge in [0.25, 0.3) is 0 Å². The molecule has 2 aliphatic heterocycles. The third kappa shape index (κ3) is 5.90. The summed E-state index contributed by atoms with van der Waals surface area (Å²) in [5.74, 6) is 0.562. The van der Waals surface area contributed by atoms with Crippen LogP contribution in [0.25, 0.3) is 0 Å². The molecule has 150 valence electrons. The van der Waals surface area contributed by atoms with Gasteiger partial charge in [-0.2, -0.15) is 0 Å². The lowest BCUT2D eigenvalue weighted by Gasteiger charge is -2.39. The van der Waals surface area contributed by atoms with Gasteiger partial charge in [-0.15, -0.1) is 0 Å². The fourth-order valence-corrected chi connectivity index (χ4v) is 4.48. The Bertz CT molecular complexity index is 593. The van der Waals surface area contributed by atoms with Crippen molar-refractivity contribution < 1.29 is 0 Å². The predicted molar refractivity (Wildman–Crippen MR) is 120 cm³/mol. The van der Waals surface area contributed by atoms with E-state index < -0.39 is 0 Å².